The first-order chi connectivity index (χ1) is 17.8. The normalized spacial score (nSPS) is 21.4. The van der Waals surface area contributed by atoms with Crippen molar-refractivity contribution in [3.8, 4) is 0 Å². The first kappa shape index (κ1) is 23.7. The fourth-order valence-corrected chi connectivity index (χ4v) is 6.19. The Morgan fingerprint density at radius 2 is 1.81 bits per heavy atom. The summed E-state index contributed by atoms with van der Waals surface area (Å²) in [6, 6.07) is 20.9. The lowest BCUT2D eigenvalue weighted by molar-refractivity contribution is -0.167. The summed E-state index contributed by atoms with van der Waals surface area (Å²) in [7, 11) is 0. The summed E-state index contributed by atoms with van der Waals surface area (Å²) in [5, 5.41) is 1.27. The van der Waals surface area contributed by atoms with Crippen molar-refractivity contribution in [3.05, 3.63) is 106 Å². The molecule has 5 nitrogen and oxygen atoms in total. The molecule has 37 heavy (non-hydrogen) atoms. The maximum atomic E-state index is 14.6. The van der Waals surface area contributed by atoms with Gasteiger partial charge in [-0.1, -0.05) is 67.1 Å². The molecule has 1 aromatic heterocycles. The monoisotopic (exact) mass is 515 g/mol. The van der Waals surface area contributed by atoms with Crippen LogP contribution in [0.3, 0.4) is 0 Å². The van der Waals surface area contributed by atoms with E-state index >= 15 is 0 Å². The number of hydrogen-bond acceptors (Lipinski definition) is 2. The Balaban J connectivity index is 1.49. The zero-order valence-electron chi connectivity index (χ0n) is 20.7. The summed E-state index contributed by atoms with van der Waals surface area (Å²) in [6.45, 7) is 4.10. The highest BCUT2D eigenvalue weighted by Gasteiger charge is 2.56. The predicted molar refractivity (Wildman–Crippen MR) is 142 cm³/mol. The molecule has 0 radical (unpaired) electrons. The number of amides is 2. The van der Waals surface area contributed by atoms with Crippen molar-refractivity contribution in [2.24, 2.45) is 0 Å². The minimum Gasteiger partial charge on any atom is -0.356 e. The van der Waals surface area contributed by atoms with Gasteiger partial charge in [0, 0.05) is 34.0 Å². The molecule has 1 N–H and O–H groups in total. The number of benzene rings is 3. The van der Waals surface area contributed by atoms with Crippen LogP contribution in [0.1, 0.15) is 47.7 Å². The number of aryl methyl sites for hydroxylation is 1. The molecule has 0 bridgehead atoms. The molecule has 0 aliphatic carbocycles. The molecule has 0 unspecified atom stereocenters. The van der Waals surface area contributed by atoms with Crippen LogP contribution in [-0.4, -0.2) is 39.7 Å². The van der Waals surface area contributed by atoms with Crippen molar-refractivity contribution < 1.29 is 14.0 Å². The van der Waals surface area contributed by atoms with E-state index in [1.54, 1.807) is 17.9 Å². The van der Waals surface area contributed by atoms with Crippen LogP contribution in [0.4, 0.5) is 4.39 Å². The molecule has 4 aromatic rings. The average molecular weight is 516 g/mol. The molecule has 3 heterocycles. The van der Waals surface area contributed by atoms with E-state index in [2.05, 4.69) is 42.2 Å². The second-order valence-electron chi connectivity index (χ2n) is 10.0. The summed E-state index contributed by atoms with van der Waals surface area (Å²) in [5.41, 5.74) is 3.98. The number of H-pyrrole nitrogens is 1. The second-order valence-corrected chi connectivity index (χ2v) is 10.5. The van der Waals surface area contributed by atoms with Crippen molar-refractivity contribution in [2.45, 2.75) is 38.3 Å². The number of halogens is 2. The number of para-hydroxylation sites is 1. The van der Waals surface area contributed by atoms with Gasteiger partial charge in [0.1, 0.15) is 12.4 Å². The van der Waals surface area contributed by atoms with Gasteiger partial charge in [-0.05, 0) is 48.2 Å². The van der Waals surface area contributed by atoms with Crippen LogP contribution in [0.2, 0.25) is 5.02 Å². The van der Waals surface area contributed by atoms with Crippen LogP contribution >= 0.6 is 11.6 Å². The molecule has 2 amide bonds. The van der Waals surface area contributed by atoms with Gasteiger partial charge >= 0.3 is 0 Å². The molecule has 2 aliphatic rings. The molecular formula is C30H27ClFN3O2. The number of carbonyl (C=O) groups excluding carboxylic acids is 2. The summed E-state index contributed by atoms with van der Waals surface area (Å²) < 4.78 is 14.6. The van der Waals surface area contributed by atoms with Crippen LogP contribution in [0.25, 0.3) is 10.9 Å². The first-order valence-corrected chi connectivity index (χ1v) is 12.9. The molecule has 6 rings (SSSR count). The third-order valence-electron chi connectivity index (χ3n) is 8.02. The zero-order valence-corrected chi connectivity index (χ0v) is 21.5. The molecule has 7 heteroatoms. The number of aromatic amines is 1. The van der Waals surface area contributed by atoms with Gasteiger partial charge in [-0.25, -0.2) is 4.39 Å². The van der Waals surface area contributed by atoms with E-state index < -0.39 is 11.4 Å². The molecular weight excluding hydrogens is 489 g/mol. The minimum absolute atomic E-state index is 0.0724. The highest BCUT2D eigenvalue weighted by atomic mass is 35.5. The van der Waals surface area contributed by atoms with Crippen LogP contribution < -0.4 is 0 Å². The van der Waals surface area contributed by atoms with Crippen LogP contribution in [-0.2, 0) is 28.1 Å². The quantitative estimate of drug-likeness (QED) is 0.376. The van der Waals surface area contributed by atoms with E-state index in [1.165, 1.54) is 22.6 Å². The Hall–Kier alpha value is -3.64. The van der Waals surface area contributed by atoms with Crippen molar-refractivity contribution in [3.63, 3.8) is 0 Å². The van der Waals surface area contributed by atoms with Gasteiger partial charge in [-0.15, -0.1) is 0 Å². The molecule has 0 spiro atoms. The fourth-order valence-electron chi connectivity index (χ4n) is 5.96. The van der Waals surface area contributed by atoms with E-state index in [4.69, 9.17) is 11.6 Å². The topological polar surface area (TPSA) is 56.4 Å². The van der Waals surface area contributed by atoms with Gasteiger partial charge < -0.3 is 14.8 Å². The fraction of sp³-hybridized carbons (Fsp3) is 0.267. The van der Waals surface area contributed by atoms with Gasteiger partial charge in [0.15, 0.2) is 5.54 Å². The summed E-state index contributed by atoms with van der Waals surface area (Å²) in [6.07, 6.45) is 0.947. The number of nitrogens with zero attached hydrogens (tertiary/aromatic N) is 2. The van der Waals surface area contributed by atoms with E-state index in [0.717, 1.165) is 28.5 Å². The molecule has 3 aromatic carbocycles. The molecule has 1 saturated heterocycles. The van der Waals surface area contributed by atoms with Crippen molar-refractivity contribution in [1.82, 2.24) is 14.8 Å². The third-order valence-corrected chi connectivity index (χ3v) is 8.37. The molecule has 0 saturated carbocycles. The number of rotatable bonds is 4. The van der Waals surface area contributed by atoms with Crippen LogP contribution in [0.15, 0.2) is 66.7 Å². The summed E-state index contributed by atoms with van der Waals surface area (Å²) in [5.74, 6) is -1.01. The van der Waals surface area contributed by atoms with Crippen molar-refractivity contribution in [2.75, 3.05) is 13.1 Å². The first-order valence-electron chi connectivity index (χ1n) is 12.6. The third kappa shape index (κ3) is 3.57. The Labute approximate surface area is 219 Å². The highest BCUT2D eigenvalue weighted by molar-refractivity contribution is 6.31. The van der Waals surface area contributed by atoms with Gasteiger partial charge in [-0.3, -0.25) is 9.59 Å². The van der Waals surface area contributed by atoms with E-state index in [1.807, 2.05) is 18.2 Å². The summed E-state index contributed by atoms with van der Waals surface area (Å²) in [4.78, 5) is 34.4. The number of aromatic nitrogens is 1. The molecule has 1 fully saturated rings. The number of hydrogen-bond donors (Lipinski definition) is 1. The lowest BCUT2D eigenvalue weighted by atomic mass is 9.76. The Kier molecular flexibility index (Phi) is 5.60. The summed E-state index contributed by atoms with van der Waals surface area (Å²) >= 11 is 6.27. The zero-order chi connectivity index (χ0) is 25.9. The maximum absolute atomic E-state index is 14.6. The number of piperazine rings is 1. The average Bonchev–Trinajstić information content (AvgIpc) is 3.30. The van der Waals surface area contributed by atoms with E-state index in [9.17, 15) is 14.0 Å². The molecule has 2 aliphatic heterocycles. The standard InChI is InChI=1S/C30H27ClFN3O2/c1-3-18-11-13-19(14-12-18)21-16-35-26(36)17-34(15-22-23(31)8-6-9-24(22)32)29(37)30(35,2)28-27(21)20-7-4-5-10-25(20)33-28/h4-14,21,33H,3,15-17H2,1-2H3/t21-,30-/m0/s1. The lowest BCUT2D eigenvalue weighted by Gasteiger charge is -2.51. The smallest absolute Gasteiger partial charge is 0.255 e. The van der Waals surface area contributed by atoms with Crippen molar-refractivity contribution in [1.29, 1.82) is 0 Å². The Bertz CT molecular complexity index is 1530. The largest absolute Gasteiger partial charge is 0.356 e. The number of fused-ring (bicyclic) bond motifs is 5. The Morgan fingerprint density at radius 3 is 2.54 bits per heavy atom. The lowest BCUT2D eigenvalue weighted by Crippen LogP contribution is -2.67. The number of nitrogens with one attached hydrogen (secondary N) is 1. The number of carbonyl (C=O) groups is 2. The van der Waals surface area contributed by atoms with Gasteiger partial charge in [0.05, 0.1) is 12.2 Å². The van der Waals surface area contributed by atoms with Crippen LogP contribution in [0, 0.1) is 5.82 Å². The maximum Gasteiger partial charge on any atom is 0.255 e. The van der Waals surface area contributed by atoms with Crippen LogP contribution in [0.5, 0.6) is 0 Å². The highest BCUT2D eigenvalue weighted by Crippen LogP contribution is 2.48. The molecule has 2 atom stereocenters. The minimum atomic E-state index is -1.25. The Morgan fingerprint density at radius 1 is 1.05 bits per heavy atom. The SMILES string of the molecule is CCc1ccc([C@@H]2CN3C(=O)CN(Cc4c(F)cccc4Cl)C(=O)[C@]3(C)c3[nH]c4ccccc4c32)cc1. The predicted octanol–water partition coefficient (Wildman–Crippen LogP) is 5.75. The van der Waals surface area contributed by atoms with Gasteiger partial charge in [0.25, 0.3) is 5.91 Å². The van der Waals surface area contributed by atoms with Crippen molar-refractivity contribution >= 4 is 34.3 Å². The van der Waals surface area contributed by atoms with Gasteiger partial charge in [0.2, 0.25) is 5.91 Å². The second kappa shape index (κ2) is 8.73. The van der Waals surface area contributed by atoms with E-state index in [0.29, 0.717) is 12.2 Å². The van der Waals surface area contributed by atoms with E-state index in [-0.39, 0.29) is 41.4 Å². The molecule has 188 valence electrons. The van der Waals surface area contributed by atoms with Gasteiger partial charge in [-0.2, -0.15) is 0 Å².